The van der Waals surface area contributed by atoms with E-state index in [-0.39, 0.29) is 43.1 Å². The van der Waals surface area contributed by atoms with Gasteiger partial charge in [-0.3, -0.25) is 14.4 Å². The maximum atomic E-state index is 13.3. The molecule has 8 nitrogen and oxygen atoms in total. The normalized spacial score (nSPS) is 26.8. The monoisotopic (exact) mass is 619 g/mol. The van der Waals surface area contributed by atoms with Gasteiger partial charge in [0.2, 0.25) is 7.09 Å². The molecule has 1 radical (unpaired) electrons. The van der Waals surface area contributed by atoms with Crippen LogP contribution in [0.25, 0.3) is 0 Å². The number of esters is 3. The fourth-order valence-corrected chi connectivity index (χ4v) is 6.82. The van der Waals surface area contributed by atoms with Gasteiger partial charge in [0.25, 0.3) is 0 Å². The molecular formula is C30H51BClO8S. The molecule has 0 amide bonds. The van der Waals surface area contributed by atoms with E-state index < -0.39 is 35.5 Å². The fraction of sp³-hybridized carbons (Fsp3) is 0.900. The summed E-state index contributed by atoms with van der Waals surface area (Å²) in [4.78, 5) is 37.5. The highest BCUT2D eigenvalue weighted by Gasteiger charge is 2.49. The van der Waals surface area contributed by atoms with Crippen LogP contribution in [0, 0.1) is 23.2 Å². The Balaban J connectivity index is 2.22. The van der Waals surface area contributed by atoms with Crippen molar-refractivity contribution in [3.05, 3.63) is 0 Å². The van der Waals surface area contributed by atoms with Crippen LogP contribution >= 0.6 is 23.5 Å². The van der Waals surface area contributed by atoms with Crippen LogP contribution in [0.4, 0.5) is 0 Å². The Morgan fingerprint density at radius 3 is 2.39 bits per heavy atom. The number of ether oxygens (including phenoxy) is 4. The van der Waals surface area contributed by atoms with Gasteiger partial charge in [-0.05, 0) is 65.0 Å². The van der Waals surface area contributed by atoms with E-state index in [1.165, 1.54) is 6.42 Å². The molecule has 0 bridgehead atoms. The second kappa shape index (κ2) is 16.8. The molecule has 1 unspecified atom stereocenters. The average molecular weight is 620 g/mol. The molecule has 2 aliphatic rings. The first-order valence-corrected chi connectivity index (χ1v) is 16.4. The summed E-state index contributed by atoms with van der Waals surface area (Å²) in [5.74, 6) is -0.280. The number of hydrogen-bond donors (Lipinski definition) is 0. The third kappa shape index (κ3) is 11.6. The maximum Gasteiger partial charge on any atom is 0.320 e. The molecule has 6 atom stereocenters. The largest absolute Gasteiger partial charge is 0.464 e. The first kappa shape index (κ1) is 34.5. The molecule has 1 aliphatic heterocycles. The first-order chi connectivity index (χ1) is 19.7. The van der Waals surface area contributed by atoms with Crippen molar-refractivity contribution < 1.29 is 37.5 Å². The zero-order valence-corrected chi connectivity index (χ0v) is 27.5. The lowest BCUT2D eigenvalue weighted by atomic mass is 9.64. The molecule has 0 N–H and O–H groups in total. The number of hydrogen-bond acceptors (Lipinski definition) is 9. The Morgan fingerprint density at radius 1 is 1.10 bits per heavy atom. The molecule has 1 saturated carbocycles. The minimum Gasteiger partial charge on any atom is -0.464 e. The Bertz CT molecular complexity index is 878. The van der Waals surface area contributed by atoms with Crippen LogP contribution in [0.2, 0.25) is 0 Å². The SMILES string of the molecule is [3H][B]SO[C@H](CC(=O)OC(C)C)CC(=O)O[C@@H](C[C@@H]1CCCC2(C[C@H](C)CC[C@H]2C(C)C)O1)C(C)(C)COC(=O)CCl. The average Bonchev–Trinajstić information content (AvgIpc) is 2.89. The number of alkyl halides is 1. The molecule has 2 rings (SSSR count). The van der Waals surface area contributed by atoms with E-state index in [2.05, 4.69) is 20.8 Å². The fourth-order valence-electron chi connectivity index (χ4n) is 6.45. The summed E-state index contributed by atoms with van der Waals surface area (Å²) in [6.45, 7) is 14.1. The molecule has 1 saturated heterocycles. The lowest BCUT2D eigenvalue weighted by Gasteiger charge is -2.52. The van der Waals surface area contributed by atoms with Gasteiger partial charge in [0.1, 0.15) is 12.0 Å². The van der Waals surface area contributed by atoms with Crippen molar-refractivity contribution in [3.63, 3.8) is 0 Å². The van der Waals surface area contributed by atoms with E-state index in [9.17, 15) is 14.4 Å². The third-order valence-electron chi connectivity index (χ3n) is 8.36. The van der Waals surface area contributed by atoms with Gasteiger partial charge < -0.3 is 23.1 Å². The van der Waals surface area contributed by atoms with Crippen molar-refractivity contribution in [2.75, 3.05) is 12.5 Å². The lowest BCUT2D eigenvalue weighted by molar-refractivity contribution is -0.205. The highest BCUT2D eigenvalue weighted by Crippen LogP contribution is 2.50. The van der Waals surface area contributed by atoms with Crippen molar-refractivity contribution in [1.29, 1.82) is 1.34 Å². The predicted molar refractivity (Wildman–Crippen MR) is 163 cm³/mol. The summed E-state index contributed by atoms with van der Waals surface area (Å²) < 4.78 is 36.5. The number of rotatable bonds is 16. The van der Waals surface area contributed by atoms with E-state index in [0.717, 1.165) is 51.1 Å². The van der Waals surface area contributed by atoms with Crippen LogP contribution in [0.15, 0.2) is 0 Å². The van der Waals surface area contributed by atoms with Gasteiger partial charge >= 0.3 is 17.9 Å². The standard InChI is InChI=1S/C30H51BClO8S/c1-19(2)24-11-10-21(5)16-30(24)12-8-9-22(39-30)13-25(29(6,7)18-36-28(35)17-32)38-27(34)15-23(40-41-31)14-26(33)37-20(3)4/h19-25,31H,8-18H2,1-7H3/t21-,22+,23-,24+,25+,30?/m1/s1/i31T. The van der Waals surface area contributed by atoms with E-state index in [0.29, 0.717) is 24.2 Å². The van der Waals surface area contributed by atoms with Crippen molar-refractivity contribution in [2.45, 2.75) is 136 Å². The van der Waals surface area contributed by atoms with Crippen LogP contribution in [0.5, 0.6) is 0 Å². The molecule has 0 aromatic heterocycles. The minimum atomic E-state index is -0.835. The number of carbonyl (C=O) groups is 3. The second-order valence-electron chi connectivity index (χ2n) is 13.2. The second-order valence-corrected chi connectivity index (χ2v) is 13.8. The van der Waals surface area contributed by atoms with Gasteiger partial charge in [-0.1, -0.05) is 52.9 Å². The lowest BCUT2D eigenvalue weighted by Crippen LogP contribution is -2.53. The molecule has 1 aliphatic carbocycles. The summed E-state index contributed by atoms with van der Waals surface area (Å²) in [6.07, 6.45) is 4.53. The predicted octanol–water partition coefficient (Wildman–Crippen LogP) is 6.08. The molecule has 1 heterocycles. The highest BCUT2D eigenvalue weighted by atomic mass is 35.5. The van der Waals surface area contributed by atoms with Gasteiger partial charge in [-0.15, -0.1) is 11.6 Å². The summed E-state index contributed by atoms with van der Waals surface area (Å²) >= 11 is 6.39. The summed E-state index contributed by atoms with van der Waals surface area (Å²) in [5, 5.41) is 0. The Labute approximate surface area is 258 Å². The zero-order valence-electron chi connectivity index (χ0n) is 26.9. The van der Waals surface area contributed by atoms with Crippen molar-refractivity contribution in [3.8, 4) is 0 Å². The van der Waals surface area contributed by atoms with E-state index in [4.69, 9.17) is 36.1 Å². The maximum absolute atomic E-state index is 13.3. The van der Waals surface area contributed by atoms with E-state index >= 15 is 0 Å². The minimum absolute atomic E-state index is 0.0182. The number of carbonyl (C=O) groups excluding carboxylic acids is 3. The Kier molecular flexibility index (Phi) is 14.1. The quantitative estimate of drug-likeness (QED) is 0.0669. The molecule has 41 heavy (non-hydrogen) atoms. The third-order valence-corrected chi connectivity index (χ3v) is 8.96. The molecule has 235 valence electrons. The summed E-state index contributed by atoms with van der Waals surface area (Å²) in [6, 6.07) is 0. The van der Waals surface area contributed by atoms with Crippen molar-refractivity contribution in [1.82, 2.24) is 0 Å². The number of halogens is 1. The van der Waals surface area contributed by atoms with Gasteiger partial charge in [0.05, 0.1) is 43.4 Å². The topological polar surface area (TPSA) is 97.4 Å². The van der Waals surface area contributed by atoms with Gasteiger partial charge in [-0.25, -0.2) is 0 Å². The van der Waals surface area contributed by atoms with Crippen LogP contribution in [0.1, 0.15) is 106 Å². The highest BCUT2D eigenvalue weighted by molar-refractivity contribution is 8.15. The first-order valence-electron chi connectivity index (χ1n) is 15.6. The summed E-state index contributed by atoms with van der Waals surface area (Å²) in [7, 11) is 0.982. The molecule has 11 heteroatoms. The summed E-state index contributed by atoms with van der Waals surface area (Å²) in [5.41, 5.74) is -0.919. The van der Waals surface area contributed by atoms with E-state index in [1.54, 1.807) is 13.8 Å². The van der Waals surface area contributed by atoms with Gasteiger partial charge in [-0.2, -0.15) is 0 Å². The van der Waals surface area contributed by atoms with Crippen LogP contribution < -0.4 is 0 Å². The van der Waals surface area contributed by atoms with Gasteiger partial charge in [0, 0.05) is 11.8 Å². The molecule has 0 aromatic carbocycles. The molecular weight excluding hydrogens is 567 g/mol. The Morgan fingerprint density at radius 2 is 1.78 bits per heavy atom. The molecule has 2 fully saturated rings. The molecule has 1 spiro atoms. The van der Waals surface area contributed by atoms with Crippen LogP contribution in [-0.2, 0) is 37.5 Å². The smallest absolute Gasteiger partial charge is 0.320 e. The van der Waals surface area contributed by atoms with Crippen LogP contribution in [-0.4, -0.2) is 68.8 Å². The van der Waals surface area contributed by atoms with Crippen molar-refractivity contribution in [2.24, 2.45) is 23.2 Å². The zero-order chi connectivity index (χ0) is 31.5. The van der Waals surface area contributed by atoms with Gasteiger partial charge in [0.15, 0.2) is 0 Å². The van der Waals surface area contributed by atoms with E-state index in [1.807, 2.05) is 13.8 Å². The Hall–Kier alpha value is -0.965. The van der Waals surface area contributed by atoms with Crippen molar-refractivity contribution >= 4 is 48.5 Å². The molecule has 0 aromatic rings. The van der Waals surface area contributed by atoms with Crippen LogP contribution in [0.3, 0.4) is 0 Å².